The Kier molecular flexibility index (Phi) is 3.25. The first-order valence-electron chi connectivity index (χ1n) is 7.31. The van der Waals surface area contributed by atoms with Crippen LogP contribution < -0.4 is 0 Å². The average Bonchev–Trinajstić information content (AvgIpc) is 2.88. The first kappa shape index (κ1) is 13.2. The van der Waals surface area contributed by atoms with Gasteiger partial charge in [-0.3, -0.25) is 0 Å². The molecule has 0 saturated carbocycles. The van der Waals surface area contributed by atoms with Crippen LogP contribution in [-0.4, -0.2) is 5.16 Å². The molecule has 0 saturated heterocycles. The predicted octanol–water partition coefficient (Wildman–Crippen LogP) is 5.33. The fraction of sp³-hybridized carbons (Fsp3) is 0.389. The fourth-order valence-corrected chi connectivity index (χ4v) is 3.32. The van der Waals surface area contributed by atoms with Crippen molar-refractivity contribution in [1.29, 1.82) is 0 Å². The molecular formula is C18H21NO. The van der Waals surface area contributed by atoms with Crippen molar-refractivity contribution in [3.05, 3.63) is 47.7 Å². The minimum absolute atomic E-state index is 0.188. The number of allylic oxidation sites excluding steroid dienone is 2. The molecule has 0 unspecified atom stereocenters. The monoisotopic (exact) mass is 267 g/mol. The number of hydrogen-bond acceptors (Lipinski definition) is 2. The summed E-state index contributed by atoms with van der Waals surface area (Å²) >= 11 is 0. The Morgan fingerprint density at radius 3 is 2.60 bits per heavy atom. The number of hydrogen-bond donors (Lipinski definition) is 0. The lowest BCUT2D eigenvalue weighted by Crippen LogP contribution is -2.19. The van der Waals surface area contributed by atoms with E-state index in [1.807, 2.05) is 18.2 Å². The third kappa shape index (κ3) is 2.31. The SMILES string of the molecule is CC1=C(c2cc(-c3ccccc3)on2)C(C)(C)CCC1. The normalized spacial score (nSPS) is 18.4. The summed E-state index contributed by atoms with van der Waals surface area (Å²) in [6.07, 6.45) is 3.66. The van der Waals surface area contributed by atoms with Gasteiger partial charge in [-0.25, -0.2) is 0 Å². The van der Waals surface area contributed by atoms with Gasteiger partial charge in [0.1, 0.15) is 5.69 Å². The molecule has 1 aliphatic rings. The minimum Gasteiger partial charge on any atom is -0.356 e. The zero-order valence-corrected chi connectivity index (χ0v) is 12.4. The summed E-state index contributed by atoms with van der Waals surface area (Å²) in [4.78, 5) is 0. The lowest BCUT2D eigenvalue weighted by atomic mass is 9.71. The molecule has 1 aliphatic carbocycles. The van der Waals surface area contributed by atoms with Gasteiger partial charge < -0.3 is 4.52 Å². The summed E-state index contributed by atoms with van der Waals surface area (Å²) < 4.78 is 5.56. The van der Waals surface area contributed by atoms with Crippen LogP contribution in [0.25, 0.3) is 16.9 Å². The molecule has 0 aliphatic heterocycles. The van der Waals surface area contributed by atoms with Gasteiger partial charge in [0.05, 0.1) is 0 Å². The van der Waals surface area contributed by atoms with Crippen molar-refractivity contribution in [2.45, 2.75) is 40.0 Å². The molecule has 2 nitrogen and oxygen atoms in total. The highest BCUT2D eigenvalue weighted by atomic mass is 16.5. The predicted molar refractivity (Wildman–Crippen MR) is 82.2 cm³/mol. The summed E-state index contributed by atoms with van der Waals surface area (Å²) in [5.41, 5.74) is 5.10. The molecule has 1 aromatic carbocycles. The van der Waals surface area contributed by atoms with Crippen LogP contribution in [0.4, 0.5) is 0 Å². The van der Waals surface area contributed by atoms with Crippen molar-refractivity contribution >= 4 is 5.57 Å². The topological polar surface area (TPSA) is 26.0 Å². The van der Waals surface area contributed by atoms with Crippen LogP contribution in [0.15, 0.2) is 46.5 Å². The quantitative estimate of drug-likeness (QED) is 0.735. The van der Waals surface area contributed by atoms with E-state index in [-0.39, 0.29) is 5.41 Å². The molecule has 1 aromatic heterocycles. The van der Waals surface area contributed by atoms with Gasteiger partial charge in [-0.15, -0.1) is 0 Å². The van der Waals surface area contributed by atoms with E-state index in [0.717, 1.165) is 17.0 Å². The maximum absolute atomic E-state index is 5.56. The van der Waals surface area contributed by atoms with E-state index in [9.17, 15) is 0 Å². The molecule has 2 heteroatoms. The third-order valence-corrected chi connectivity index (χ3v) is 4.28. The van der Waals surface area contributed by atoms with Crippen LogP contribution in [-0.2, 0) is 0 Å². The van der Waals surface area contributed by atoms with Gasteiger partial charge in [0, 0.05) is 11.6 Å². The summed E-state index contributed by atoms with van der Waals surface area (Å²) in [6.45, 7) is 6.84. The summed E-state index contributed by atoms with van der Waals surface area (Å²) in [5, 5.41) is 4.33. The first-order chi connectivity index (χ1) is 9.58. The molecule has 3 rings (SSSR count). The van der Waals surface area contributed by atoms with Gasteiger partial charge >= 0.3 is 0 Å². The fourth-order valence-electron chi connectivity index (χ4n) is 3.32. The van der Waals surface area contributed by atoms with Crippen LogP contribution in [0, 0.1) is 5.41 Å². The van der Waals surface area contributed by atoms with Gasteiger partial charge in [0.25, 0.3) is 0 Å². The molecule has 0 atom stereocenters. The zero-order valence-electron chi connectivity index (χ0n) is 12.4. The van der Waals surface area contributed by atoms with E-state index >= 15 is 0 Å². The summed E-state index contributed by atoms with van der Waals surface area (Å²) in [5.74, 6) is 0.849. The Bertz CT molecular complexity index is 634. The van der Waals surface area contributed by atoms with E-state index in [1.165, 1.54) is 30.4 Å². The Hall–Kier alpha value is -1.83. The van der Waals surface area contributed by atoms with E-state index < -0.39 is 0 Å². The maximum Gasteiger partial charge on any atom is 0.167 e. The Labute approximate surface area is 120 Å². The van der Waals surface area contributed by atoms with Crippen LogP contribution in [0.3, 0.4) is 0 Å². The highest BCUT2D eigenvalue weighted by Gasteiger charge is 2.31. The molecule has 0 spiro atoms. The van der Waals surface area contributed by atoms with Crippen molar-refractivity contribution in [2.24, 2.45) is 5.41 Å². The molecule has 1 heterocycles. The van der Waals surface area contributed by atoms with Gasteiger partial charge in [-0.2, -0.15) is 0 Å². The van der Waals surface area contributed by atoms with Crippen molar-refractivity contribution in [1.82, 2.24) is 5.16 Å². The summed E-state index contributed by atoms with van der Waals surface area (Å²) in [7, 11) is 0. The van der Waals surface area contributed by atoms with E-state index in [0.29, 0.717) is 0 Å². The second-order valence-electron chi connectivity index (χ2n) is 6.34. The first-order valence-corrected chi connectivity index (χ1v) is 7.31. The Morgan fingerprint density at radius 1 is 1.15 bits per heavy atom. The third-order valence-electron chi connectivity index (χ3n) is 4.28. The van der Waals surface area contributed by atoms with Crippen molar-refractivity contribution in [2.75, 3.05) is 0 Å². The van der Waals surface area contributed by atoms with Gasteiger partial charge in [-0.1, -0.05) is 54.9 Å². The smallest absolute Gasteiger partial charge is 0.167 e. The van der Waals surface area contributed by atoms with E-state index in [4.69, 9.17) is 4.52 Å². The van der Waals surface area contributed by atoms with Gasteiger partial charge in [0.15, 0.2) is 5.76 Å². The van der Waals surface area contributed by atoms with Crippen molar-refractivity contribution in [3.8, 4) is 11.3 Å². The van der Waals surface area contributed by atoms with Crippen LogP contribution in [0.1, 0.15) is 45.7 Å². The largest absolute Gasteiger partial charge is 0.356 e. The zero-order chi connectivity index (χ0) is 14.2. The van der Waals surface area contributed by atoms with Crippen LogP contribution >= 0.6 is 0 Å². The molecule has 0 N–H and O–H groups in total. The van der Waals surface area contributed by atoms with E-state index in [1.54, 1.807) is 0 Å². The van der Waals surface area contributed by atoms with E-state index in [2.05, 4.69) is 44.1 Å². The highest BCUT2D eigenvalue weighted by Crippen LogP contribution is 2.45. The van der Waals surface area contributed by atoms with Gasteiger partial charge in [-0.05, 0) is 37.2 Å². The van der Waals surface area contributed by atoms with Gasteiger partial charge in [0.2, 0.25) is 0 Å². The second kappa shape index (κ2) is 4.93. The second-order valence-corrected chi connectivity index (χ2v) is 6.34. The Balaban J connectivity index is 2.02. The molecular weight excluding hydrogens is 246 g/mol. The number of benzene rings is 1. The highest BCUT2D eigenvalue weighted by molar-refractivity contribution is 5.73. The van der Waals surface area contributed by atoms with Crippen molar-refractivity contribution < 1.29 is 4.52 Å². The maximum atomic E-state index is 5.56. The molecule has 20 heavy (non-hydrogen) atoms. The number of rotatable bonds is 2. The molecule has 0 fully saturated rings. The standard InChI is InChI=1S/C18H21NO/c1-13-8-7-11-18(2,3)17(13)15-12-16(20-19-15)14-9-5-4-6-10-14/h4-6,9-10,12H,7-8,11H2,1-3H3. The number of aromatic nitrogens is 1. The molecule has 0 amide bonds. The summed E-state index contributed by atoms with van der Waals surface area (Å²) in [6, 6.07) is 12.2. The molecule has 0 bridgehead atoms. The minimum atomic E-state index is 0.188. The van der Waals surface area contributed by atoms with Crippen LogP contribution in [0.5, 0.6) is 0 Å². The Morgan fingerprint density at radius 2 is 1.90 bits per heavy atom. The molecule has 2 aromatic rings. The lowest BCUT2D eigenvalue weighted by molar-refractivity contribution is 0.400. The van der Waals surface area contributed by atoms with Crippen LogP contribution in [0.2, 0.25) is 0 Å². The lowest BCUT2D eigenvalue weighted by Gasteiger charge is -2.33. The molecule has 0 radical (unpaired) electrons. The average molecular weight is 267 g/mol. The number of nitrogens with zero attached hydrogens (tertiary/aromatic N) is 1. The molecule has 104 valence electrons. The van der Waals surface area contributed by atoms with Crippen molar-refractivity contribution in [3.63, 3.8) is 0 Å².